The fourth-order valence-electron chi connectivity index (χ4n) is 2.76. The van der Waals surface area contributed by atoms with Crippen LogP contribution < -0.4 is 16.0 Å². The van der Waals surface area contributed by atoms with Crippen molar-refractivity contribution < 1.29 is 4.79 Å². The van der Waals surface area contributed by atoms with E-state index in [2.05, 4.69) is 37.0 Å². The molecule has 3 N–H and O–H groups in total. The number of hydrogen-bond donors (Lipinski definition) is 3. The van der Waals surface area contributed by atoms with Crippen molar-refractivity contribution in [2.75, 3.05) is 23.7 Å². The number of rotatable bonds is 4. The third-order valence-corrected chi connectivity index (χ3v) is 4.95. The number of nitrogens with zero attached hydrogens (tertiary/aromatic N) is 3. The Kier molecular flexibility index (Phi) is 5.17. The number of hydrogen-bond acceptors (Lipinski definition) is 6. The Balaban J connectivity index is 1.41. The largest absolute Gasteiger partial charge is 0.326 e. The molecule has 1 aliphatic rings. The first-order valence-electron chi connectivity index (χ1n) is 8.59. The van der Waals surface area contributed by atoms with Gasteiger partial charge in [-0.05, 0) is 42.8 Å². The van der Waals surface area contributed by atoms with Gasteiger partial charge < -0.3 is 5.32 Å². The second-order valence-electron chi connectivity index (χ2n) is 5.94. The molecule has 4 rings (SSSR count). The number of anilines is 2. The van der Waals surface area contributed by atoms with E-state index in [0.717, 1.165) is 35.8 Å². The second kappa shape index (κ2) is 8.07. The van der Waals surface area contributed by atoms with Gasteiger partial charge in [-0.1, -0.05) is 12.1 Å². The Morgan fingerprint density at radius 1 is 1.07 bits per heavy atom. The highest BCUT2D eigenvalue weighted by molar-refractivity contribution is 7.13. The Labute approximate surface area is 160 Å². The Morgan fingerprint density at radius 3 is 2.74 bits per heavy atom. The molecule has 3 aromatic heterocycles. The van der Waals surface area contributed by atoms with Crippen LogP contribution in [0.25, 0.3) is 16.1 Å². The number of nitrogens with one attached hydrogen (secondary N) is 3. The van der Waals surface area contributed by atoms with Crippen molar-refractivity contribution in [3.8, 4) is 10.6 Å². The first-order chi connectivity index (χ1) is 13.3. The monoisotopic (exact) mass is 378 g/mol. The number of aromatic nitrogens is 3. The summed E-state index contributed by atoms with van der Waals surface area (Å²) in [5.41, 5.74) is 3.05. The van der Waals surface area contributed by atoms with E-state index in [1.54, 1.807) is 23.8 Å². The molecule has 0 unspecified atom stereocenters. The van der Waals surface area contributed by atoms with E-state index >= 15 is 0 Å². The van der Waals surface area contributed by atoms with Crippen LogP contribution in [-0.2, 0) is 0 Å². The number of pyridine rings is 2. The summed E-state index contributed by atoms with van der Waals surface area (Å²) in [6.07, 6.45) is 6.49. The van der Waals surface area contributed by atoms with Crippen molar-refractivity contribution in [1.29, 1.82) is 0 Å². The molecule has 7 nitrogen and oxygen atoms in total. The molecule has 0 aromatic carbocycles. The standard InChI is InChI=1S/C19H18N6OS/c26-19(25-17-12-27-18(23-17)14-6-10-21-11-7-14)24-16-3-1-2-15(22-16)13-4-8-20-9-5-13/h1-4,6-7,10-12,20H,5,8-9H2,(H2,22,24,25,26). The maximum Gasteiger partial charge on any atom is 0.326 e. The van der Waals surface area contributed by atoms with Gasteiger partial charge in [0.05, 0.1) is 5.69 Å². The van der Waals surface area contributed by atoms with Crippen molar-refractivity contribution in [2.24, 2.45) is 0 Å². The summed E-state index contributed by atoms with van der Waals surface area (Å²) in [6.45, 7) is 1.79. The molecule has 0 bridgehead atoms. The smallest absolute Gasteiger partial charge is 0.313 e. The quantitative estimate of drug-likeness (QED) is 0.645. The van der Waals surface area contributed by atoms with E-state index in [1.807, 2.05) is 24.3 Å². The van der Waals surface area contributed by atoms with E-state index in [4.69, 9.17) is 0 Å². The fraction of sp³-hybridized carbons (Fsp3) is 0.158. The van der Waals surface area contributed by atoms with Gasteiger partial charge in [0.2, 0.25) is 0 Å². The number of carbonyl (C=O) groups excluding carboxylic acids is 1. The average molecular weight is 378 g/mol. The van der Waals surface area contributed by atoms with Crippen molar-refractivity contribution >= 4 is 34.6 Å². The highest BCUT2D eigenvalue weighted by atomic mass is 32.1. The molecule has 136 valence electrons. The molecule has 0 atom stereocenters. The van der Waals surface area contributed by atoms with Gasteiger partial charge in [-0.15, -0.1) is 11.3 Å². The second-order valence-corrected chi connectivity index (χ2v) is 6.80. The topological polar surface area (TPSA) is 91.8 Å². The van der Waals surface area contributed by atoms with Crippen LogP contribution in [0.2, 0.25) is 0 Å². The van der Waals surface area contributed by atoms with Crippen molar-refractivity contribution in [1.82, 2.24) is 20.3 Å². The summed E-state index contributed by atoms with van der Waals surface area (Å²) in [7, 11) is 0. The van der Waals surface area contributed by atoms with E-state index in [0.29, 0.717) is 11.6 Å². The molecule has 0 fully saturated rings. The summed E-state index contributed by atoms with van der Waals surface area (Å²) in [5, 5.41) is 11.4. The molecule has 4 heterocycles. The predicted molar refractivity (Wildman–Crippen MR) is 108 cm³/mol. The van der Waals surface area contributed by atoms with Crippen molar-refractivity contribution in [3.63, 3.8) is 0 Å². The van der Waals surface area contributed by atoms with Crippen LogP contribution in [-0.4, -0.2) is 34.1 Å². The zero-order chi connectivity index (χ0) is 18.5. The normalized spacial score (nSPS) is 13.7. The van der Waals surface area contributed by atoms with Gasteiger partial charge in [0, 0.05) is 29.9 Å². The molecule has 1 aliphatic heterocycles. The molecule has 0 aliphatic carbocycles. The van der Waals surface area contributed by atoms with Gasteiger partial charge in [0.15, 0.2) is 0 Å². The minimum Gasteiger partial charge on any atom is -0.313 e. The van der Waals surface area contributed by atoms with Crippen molar-refractivity contribution in [3.05, 3.63) is 59.9 Å². The first-order valence-corrected chi connectivity index (χ1v) is 9.47. The molecule has 0 spiro atoms. The molecule has 8 heteroatoms. The van der Waals surface area contributed by atoms with Crippen LogP contribution in [0.5, 0.6) is 0 Å². The zero-order valence-corrected chi connectivity index (χ0v) is 15.3. The summed E-state index contributed by atoms with van der Waals surface area (Å²) in [5.74, 6) is 1.01. The van der Waals surface area contributed by atoms with Gasteiger partial charge in [0.25, 0.3) is 0 Å². The van der Waals surface area contributed by atoms with Gasteiger partial charge in [-0.3, -0.25) is 15.6 Å². The predicted octanol–water partition coefficient (Wildman–Crippen LogP) is 3.62. The van der Waals surface area contributed by atoms with Crippen LogP contribution in [0.3, 0.4) is 0 Å². The van der Waals surface area contributed by atoms with Crippen LogP contribution in [0.1, 0.15) is 12.1 Å². The number of urea groups is 1. The summed E-state index contributed by atoms with van der Waals surface area (Å²) < 4.78 is 0. The molecule has 0 saturated heterocycles. The van der Waals surface area contributed by atoms with E-state index in [9.17, 15) is 4.79 Å². The zero-order valence-electron chi connectivity index (χ0n) is 14.5. The van der Waals surface area contributed by atoms with Crippen LogP contribution in [0, 0.1) is 0 Å². The van der Waals surface area contributed by atoms with Crippen LogP contribution >= 0.6 is 11.3 Å². The third kappa shape index (κ3) is 4.36. The first kappa shape index (κ1) is 17.3. The lowest BCUT2D eigenvalue weighted by atomic mass is 10.1. The summed E-state index contributed by atoms with van der Waals surface area (Å²) >= 11 is 1.46. The Hall–Kier alpha value is -3.10. The van der Waals surface area contributed by atoms with Gasteiger partial charge in [0.1, 0.15) is 16.6 Å². The van der Waals surface area contributed by atoms with E-state index < -0.39 is 0 Å². The van der Waals surface area contributed by atoms with Gasteiger partial charge >= 0.3 is 6.03 Å². The highest BCUT2D eigenvalue weighted by Crippen LogP contribution is 2.25. The third-order valence-electron chi connectivity index (χ3n) is 4.06. The summed E-state index contributed by atoms with van der Waals surface area (Å²) in [4.78, 5) is 25.3. The van der Waals surface area contributed by atoms with Gasteiger partial charge in [-0.2, -0.15) is 0 Å². The molecule has 3 aromatic rings. The fourth-order valence-corrected chi connectivity index (χ4v) is 3.52. The van der Waals surface area contributed by atoms with E-state index in [-0.39, 0.29) is 6.03 Å². The van der Waals surface area contributed by atoms with E-state index in [1.165, 1.54) is 16.9 Å². The maximum atomic E-state index is 12.3. The lowest BCUT2D eigenvalue weighted by molar-refractivity contribution is 0.262. The Bertz CT molecular complexity index is 969. The molecular weight excluding hydrogens is 360 g/mol. The lowest BCUT2D eigenvalue weighted by Gasteiger charge is -2.14. The number of carbonyl (C=O) groups is 1. The molecular formula is C19H18N6OS. The number of thiazole rings is 1. The SMILES string of the molecule is O=C(Nc1cccc(C2=CCNCC2)n1)Nc1csc(-c2ccncc2)n1. The molecule has 0 saturated carbocycles. The minimum atomic E-state index is -0.370. The van der Waals surface area contributed by atoms with Crippen LogP contribution in [0.4, 0.5) is 16.4 Å². The minimum absolute atomic E-state index is 0.370. The van der Waals surface area contributed by atoms with Gasteiger partial charge in [-0.25, -0.2) is 14.8 Å². The molecule has 27 heavy (non-hydrogen) atoms. The summed E-state index contributed by atoms with van der Waals surface area (Å²) in [6, 6.07) is 9.02. The van der Waals surface area contributed by atoms with Crippen LogP contribution in [0.15, 0.2) is 54.2 Å². The Morgan fingerprint density at radius 2 is 1.93 bits per heavy atom. The molecule has 0 radical (unpaired) electrons. The highest BCUT2D eigenvalue weighted by Gasteiger charge is 2.11. The maximum absolute atomic E-state index is 12.3. The average Bonchev–Trinajstić information content (AvgIpc) is 3.18. The van der Waals surface area contributed by atoms with Crippen molar-refractivity contribution in [2.45, 2.75) is 6.42 Å². The number of amides is 2. The lowest BCUT2D eigenvalue weighted by Crippen LogP contribution is -2.21. The molecule has 2 amide bonds.